The Bertz CT molecular complexity index is 664. The summed E-state index contributed by atoms with van der Waals surface area (Å²) in [6.45, 7) is 0. The number of phenolic OH excluding ortho intramolecular Hbond substituents is 1. The van der Waals surface area contributed by atoms with Crippen molar-refractivity contribution in [2.75, 3.05) is 18.2 Å². The van der Waals surface area contributed by atoms with E-state index in [-0.39, 0.29) is 11.7 Å². The minimum Gasteiger partial charge on any atom is -0.504 e. The molecule has 5 heteroatoms. The zero-order valence-corrected chi connectivity index (χ0v) is 11.5. The summed E-state index contributed by atoms with van der Waals surface area (Å²) in [6.07, 6.45) is 3.09. The second kappa shape index (κ2) is 6.47. The Morgan fingerprint density at radius 2 is 1.95 bits per heavy atom. The molecule has 0 unspecified atom stereocenters. The third kappa shape index (κ3) is 4.01. The van der Waals surface area contributed by atoms with E-state index in [2.05, 4.69) is 5.32 Å². The Morgan fingerprint density at radius 3 is 2.57 bits per heavy atom. The molecule has 0 fully saturated rings. The molecule has 0 atom stereocenters. The number of amides is 1. The Morgan fingerprint density at radius 1 is 1.24 bits per heavy atom. The van der Waals surface area contributed by atoms with E-state index in [0.29, 0.717) is 17.1 Å². The first-order valence-corrected chi connectivity index (χ1v) is 6.30. The van der Waals surface area contributed by atoms with Crippen molar-refractivity contribution in [2.45, 2.75) is 0 Å². The zero-order chi connectivity index (χ0) is 15.2. The molecule has 4 N–H and O–H groups in total. The number of anilines is 2. The molecule has 2 rings (SSSR count). The van der Waals surface area contributed by atoms with Crippen LogP contribution in [-0.2, 0) is 4.79 Å². The molecule has 0 heterocycles. The summed E-state index contributed by atoms with van der Waals surface area (Å²) in [6, 6.07) is 11.8. The van der Waals surface area contributed by atoms with Gasteiger partial charge >= 0.3 is 0 Å². The number of carbonyl (C=O) groups excluding carboxylic acids is 1. The van der Waals surface area contributed by atoms with Gasteiger partial charge in [0.15, 0.2) is 11.5 Å². The molecule has 0 saturated heterocycles. The quantitative estimate of drug-likeness (QED) is 0.595. The average molecular weight is 284 g/mol. The molecule has 2 aromatic carbocycles. The van der Waals surface area contributed by atoms with Crippen molar-refractivity contribution in [3.05, 3.63) is 54.1 Å². The van der Waals surface area contributed by atoms with Crippen LogP contribution >= 0.6 is 0 Å². The molecule has 0 aliphatic carbocycles. The largest absolute Gasteiger partial charge is 0.504 e. The van der Waals surface area contributed by atoms with Gasteiger partial charge in [-0.15, -0.1) is 0 Å². The van der Waals surface area contributed by atoms with E-state index in [1.807, 2.05) is 12.1 Å². The van der Waals surface area contributed by atoms with Crippen LogP contribution in [0, 0.1) is 0 Å². The molecule has 0 spiro atoms. The summed E-state index contributed by atoms with van der Waals surface area (Å²) in [5, 5.41) is 12.3. The van der Waals surface area contributed by atoms with Gasteiger partial charge in [0.2, 0.25) is 5.91 Å². The number of hydrogen-bond donors (Lipinski definition) is 3. The highest BCUT2D eigenvalue weighted by Gasteiger charge is 2.04. The van der Waals surface area contributed by atoms with E-state index in [1.165, 1.54) is 19.3 Å². The number of nitrogens with one attached hydrogen (secondary N) is 1. The van der Waals surface area contributed by atoms with Gasteiger partial charge in [0.1, 0.15) is 0 Å². The predicted octanol–water partition coefficient (Wildman–Crippen LogP) is 2.63. The SMILES string of the molecule is COc1ccc(NC(=O)/C=C/c2ccc(N)cc2)cc1O. The molecule has 21 heavy (non-hydrogen) atoms. The highest BCUT2D eigenvalue weighted by atomic mass is 16.5. The zero-order valence-electron chi connectivity index (χ0n) is 11.5. The van der Waals surface area contributed by atoms with E-state index >= 15 is 0 Å². The number of nitrogen functional groups attached to an aromatic ring is 1. The summed E-state index contributed by atoms with van der Waals surface area (Å²) < 4.78 is 4.93. The van der Waals surface area contributed by atoms with Gasteiger partial charge in [0, 0.05) is 23.5 Å². The van der Waals surface area contributed by atoms with Crippen molar-refractivity contribution in [3.8, 4) is 11.5 Å². The fourth-order valence-corrected chi connectivity index (χ4v) is 1.73. The number of aromatic hydroxyl groups is 1. The summed E-state index contributed by atoms with van der Waals surface area (Å²) in [4.78, 5) is 11.8. The van der Waals surface area contributed by atoms with Crippen molar-refractivity contribution in [1.82, 2.24) is 0 Å². The van der Waals surface area contributed by atoms with Crippen LogP contribution in [0.3, 0.4) is 0 Å². The second-order valence-electron chi connectivity index (χ2n) is 4.38. The summed E-state index contributed by atoms with van der Waals surface area (Å²) in [5.41, 5.74) is 7.62. The van der Waals surface area contributed by atoms with Crippen LogP contribution in [0.4, 0.5) is 11.4 Å². The van der Waals surface area contributed by atoms with Crippen LogP contribution in [0.5, 0.6) is 11.5 Å². The first kappa shape index (κ1) is 14.5. The molecule has 0 radical (unpaired) electrons. The van der Waals surface area contributed by atoms with Crippen LogP contribution < -0.4 is 15.8 Å². The molecule has 0 saturated carbocycles. The molecular formula is C16H16N2O3. The number of benzene rings is 2. The summed E-state index contributed by atoms with van der Waals surface area (Å²) >= 11 is 0. The highest BCUT2D eigenvalue weighted by molar-refractivity contribution is 6.02. The Balaban J connectivity index is 2.01. The minimum atomic E-state index is -0.295. The van der Waals surface area contributed by atoms with Crippen LogP contribution in [0.1, 0.15) is 5.56 Å². The van der Waals surface area contributed by atoms with Crippen LogP contribution in [0.2, 0.25) is 0 Å². The van der Waals surface area contributed by atoms with Crippen molar-refractivity contribution >= 4 is 23.4 Å². The lowest BCUT2D eigenvalue weighted by Gasteiger charge is -2.06. The molecule has 108 valence electrons. The molecule has 1 amide bonds. The number of carbonyl (C=O) groups is 1. The Hall–Kier alpha value is -2.95. The van der Waals surface area contributed by atoms with Gasteiger partial charge in [0.25, 0.3) is 0 Å². The lowest BCUT2D eigenvalue weighted by molar-refractivity contribution is -0.111. The number of rotatable bonds is 4. The number of ether oxygens (including phenoxy) is 1. The number of nitrogens with two attached hydrogens (primary N) is 1. The van der Waals surface area contributed by atoms with Crippen LogP contribution in [-0.4, -0.2) is 18.1 Å². The second-order valence-corrected chi connectivity index (χ2v) is 4.38. The molecule has 0 aromatic heterocycles. The van der Waals surface area contributed by atoms with Gasteiger partial charge in [-0.25, -0.2) is 0 Å². The maximum Gasteiger partial charge on any atom is 0.248 e. The normalized spacial score (nSPS) is 10.5. The summed E-state index contributed by atoms with van der Waals surface area (Å²) in [7, 11) is 1.46. The van der Waals surface area contributed by atoms with E-state index in [4.69, 9.17) is 10.5 Å². The first-order valence-electron chi connectivity index (χ1n) is 6.30. The third-order valence-corrected chi connectivity index (χ3v) is 2.81. The monoisotopic (exact) mass is 284 g/mol. The van der Waals surface area contributed by atoms with Crippen molar-refractivity contribution in [1.29, 1.82) is 0 Å². The van der Waals surface area contributed by atoms with Gasteiger partial charge in [-0.2, -0.15) is 0 Å². The Labute approximate surface area is 122 Å². The maximum atomic E-state index is 11.8. The van der Waals surface area contributed by atoms with Crippen molar-refractivity contribution < 1.29 is 14.6 Å². The average Bonchev–Trinajstić information content (AvgIpc) is 2.47. The number of phenols is 1. The lowest BCUT2D eigenvalue weighted by atomic mass is 10.2. The fourth-order valence-electron chi connectivity index (χ4n) is 1.73. The molecule has 2 aromatic rings. The standard InChI is InChI=1S/C16H16N2O3/c1-21-15-8-7-13(10-14(15)19)18-16(20)9-4-11-2-5-12(17)6-3-11/h2-10,19H,17H2,1H3,(H,18,20)/b9-4+. The maximum absolute atomic E-state index is 11.8. The molecule has 0 aliphatic rings. The number of hydrogen-bond acceptors (Lipinski definition) is 4. The van der Waals surface area contributed by atoms with Crippen molar-refractivity contribution in [2.24, 2.45) is 0 Å². The van der Waals surface area contributed by atoms with Gasteiger partial charge in [-0.1, -0.05) is 12.1 Å². The van der Waals surface area contributed by atoms with Gasteiger partial charge in [0.05, 0.1) is 7.11 Å². The van der Waals surface area contributed by atoms with E-state index in [0.717, 1.165) is 5.56 Å². The van der Waals surface area contributed by atoms with Gasteiger partial charge in [-0.3, -0.25) is 4.79 Å². The first-order chi connectivity index (χ1) is 10.1. The third-order valence-electron chi connectivity index (χ3n) is 2.81. The molecule has 0 bridgehead atoms. The van der Waals surface area contributed by atoms with E-state index < -0.39 is 0 Å². The predicted molar refractivity (Wildman–Crippen MR) is 83.2 cm³/mol. The molecule has 0 aliphatic heterocycles. The van der Waals surface area contributed by atoms with E-state index in [1.54, 1.807) is 30.3 Å². The topological polar surface area (TPSA) is 84.6 Å². The highest BCUT2D eigenvalue weighted by Crippen LogP contribution is 2.28. The van der Waals surface area contributed by atoms with E-state index in [9.17, 15) is 9.90 Å². The molecular weight excluding hydrogens is 268 g/mol. The molecule has 5 nitrogen and oxygen atoms in total. The van der Waals surface area contributed by atoms with Gasteiger partial charge in [-0.05, 0) is 35.9 Å². The van der Waals surface area contributed by atoms with Crippen molar-refractivity contribution in [3.63, 3.8) is 0 Å². The van der Waals surface area contributed by atoms with Gasteiger partial charge < -0.3 is 20.9 Å². The summed E-state index contributed by atoms with van der Waals surface area (Å²) in [5.74, 6) is 0.0274. The lowest BCUT2D eigenvalue weighted by Crippen LogP contribution is -2.07. The van der Waals surface area contributed by atoms with Crippen LogP contribution in [0.25, 0.3) is 6.08 Å². The fraction of sp³-hybridized carbons (Fsp3) is 0.0625. The smallest absolute Gasteiger partial charge is 0.248 e. The minimum absolute atomic E-state index is 0.0298. The van der Waals surface area contributed by atoms with Crippen LogP contribution in [0.15, 0.2) is 48.5 Å². The number of methoxy groups -OCH3 is 1. The Kier molecular flexibility index (Phi) is 4.46.